The SMILES string of the molecule is CSCC[C@H](N)c1nc2cc(Cl)ccc2[nH]1.O=C(O)C(F)(F)F.O=C(O)C(F)(F)F. The summed E-state index contributed by atoms with van der Waals surface area (Å²) in [4.78, 5) is 25.5. The van der Waals surface area contributed by atoms with Crippen molar-refractivity contribution in [2.75, 3.05) is 12.0 Å². The maximum Gasteiger partial charge on any atom is 0.490 e. The molecule has 0 radical (unpaired) electrons. The van der Waals surface area contributed by atoms with E-state index in [0.29, 0.717) is 5.02 Å². The Morgan fingerprint density at radius 1 is 1.17 bits per heavy atom. The van der Waals surface area contributed by atoms with E-state index in [1.807, 2.05) is 18.2 Å². The number of rotatable bonds is 4. The van der Waals surface area contributed by atoms with Crippen molar-refractivity contribution in [3.63, 3.8) is 0 Å². The number of imidazole rings is 1. The summed E-state index contributed by atoms with van der Waals surface area (Å²) in [6.45, 7) is 0. The number of nitrogens with zero attached hydrogens (tertiary/aromatic N) is 1. The summed E-state index contributed by atoms with van der Waals surface area (Å²) in [5.74, 6) is -3.63. The second kappa shape index (κ2) is 11.9. The molecule has 170 valence electrons. The fourth-order valence-corrected chi connectivity index (χ4v) is 2.21. The zero-order chi connectivity index (χ0) is 23.7. The third-order valence-corrected chi connectivity index (χ3v) is 3.81. The number of carbonyl (C=O) groups is 2. The maximum atomic E-state index is 10.6. The molecule has 0 aliphatic carbocycles. The second-order valence-corrected chi connectivity index (χ2v) is 6.70. The minimum Gasteiger partial charge on any atom is -0.475 e. The summed E-state index contributed by atoms with van der Waals surface area (Å²) >= 11 is 7.69. The lowest BCUT2D eigenvalue weighted by Gasteiger charge is -2.06. The Balaban J connectivity index is 0.000000503. The summed E-state index contributed by atoms with van der Waals surface area (Å²) in [6, 6.07) is 5.59. The van der Waals surface area contributed by atoms with Crippen LogP contribution in [0.5, 0.6) is 0 Å². The van der Waals surface area contributed by atoms with Crippen LogP contribution in [0.2, 0.25) is 5.02 Å². The number of hydrogen-bond donors (Lipinski definition) is 4. The molecule has 0 fully saturated rings. The first kappa shape index (κ1) is 27.8. The van der Waals surface area contributed by atoms with Gasteiger partial charge in [-0.05, 0) is 36.6 Å². The van der Waals surface area contributed by atoms with Gasteiger partial charge >= 0.3 is 24.3 Å². The lowest BCUT2D eigenvalue weighted by Crippen LogP contribution is -2.21. The van der Waals surface area contributed by atoms with Crippen molar-refractivity contribution < 1.29 is 46.1 Å². The second-order valence-electron chi connectivity index (χ2n) is 5.28. The summed E-state index contributed by atoms with van der Waals surface area (Å²) in [5.41, 5.74) is 7.91. The molecule has 30 heavy (non-hydrogen) atoms. The zero-order valence-corrected chi connectivity index (χ0v) is 16.6. The van der Waals surface area contributed by atoms with E-state index >= 15 is 0 Å². The van der Waals surface area contributed by atoms with Crippen LogP contribution in [0.3, 0.4) is 0 Å². The number of nitrogens with two attached hydrogens (primary N) is 1. The van der Waals surface area contributed by atoms with Crippen LogP contribution < -0.4 is 5.73 Å². The van der Waals surface area contributed by atoms with Crippen molar-refractivity contribution in [1.82, 2.24) is 9.97 Å². The van der Waals surface area contributed by atoms with Crippen LogP contribution in [-0.4, -0.2) is 56.5 Å². The number of carboxylic acid groups (broad SMARTS) is 2. The number of halogens is 7. The molecule has 15 heteroatoms. The molecule has 0 aliphatic heterocycles. The highest BCUT2D eigenvalue weighted by Crippen LogP contribution is 2.21. The molecule has 1 atom stereocenters. The van der Waals surface area contributed by atoms with Crippen molar-refractivity contribution in [3.05, 3.63) is 29.0 Å². The number of fused-ring (bicyclic) bond motifs is 1. The number of aromatic amines is 1. The van der Waals surface area contributed by atoms with E-state index in [2.05, 4.69) is 16.2 Å². The van der Waals surface area contributed by atoms with Gasteiger partial charge in [0, 0.05) is 5.02 Å². The Morgan fingerprint density at radius 2 is 1.63 bits per heavy atom. The van der Waals surface area contributed by atoms with Gasteiger partial charge in [0.25, 0.3) is 0 Å². The molecule has 1 aromatic heterocycles. The summed E-state index contributed by atoms with van der Waals surface area (Å²) < 4.78 is 63.5. The average molecular weight is 484 g/mol. The predicted molar refractivity (Wildman–Crippen MR) is 98.4 cm³/mol. The third kappa shape index (κ3) is 10.5. The van der Waals surface area contributed by atoms with Gasteiger partial charge in [-0.1, -0.05) is 11.6 Å². The van der Waals surface area contributed by atoms with Crippen molar-refractivity contribution in [2.24, 2.45) is 5.73 Å². The summed E-state index contributed by atoms with van der Waals surface area (Å²) in [6.07, 6.45) is -7.17. The highest BCUT2D eigenvalue weighted by Gasteiger charge is 2.38. The lowest BCUT2D eigenvalue weighted by atomic mass is 10.2. The van der Waals surface area contributed by atoms with Crippen LogP contribution in [0.15, 0.2) is 18.2 Å². The van der Waals surface area contributed by atoms with E-state index in [4.69, 9.17) is 37.1 Å². The van der Waals surface area contributed by atoms with Crippen molar-refractivity contribution in [3.8, 4) is 0 Å². The molecule has 0 spiro atoms. The Morgan fingerprint density at radius 3 is 2.03 bits per heavy atom. The van der Waals surface area contributed by atoms with E-state index in [-0.39, 0.29) is 6.04 Å². The highest BCUT2D eigenvalue weighted by atomic mass is 35.5. The van der Waals surface area contributed by atoms with Gasteiger partial charge in [-0.2, -0.15) is 38.1 Å². The van der Waals surface area contributed by atoms with Crippen LogP contribution in [0, 0.1) is 0 Å². The van der Waals surface area contributed by atoms with E-state index in [1.165, 1.54) is 0 Å². The highest BCUT2D eigenvalue weighted by molar-refractivity contribution is 7.98. The number of thioether (sulfide) groups is 1. The molecule has 0 bridgehead atoms. The number of carboxylic acids is 2. The Hall–Kier alpha value is -2.19. The van der Waals surface area contributed by atoms with Crippen molar-refractivity contribution in [2.45, 2.75) is 24.8 Å². The average Bonchev–Trinajstić information content (AvgIpc) is 3.02. The molecule has 2 aromatic rings. The molecular formula is C15H16ClF6N3O4S. The predicted octanol–water partition coefficient (Wildman–Crippen LogP) is 4.24. The molecule has 0 saturated carbocycles. The number of aromatic nitrogens is 2. The molecule has 0 amide bonds. The van der Waals surface area contributed by atoms with Gasteiger partial charge < -0.3 is 20.9 Å². The van der Waals surface area contributed by atoms with Crippen molar-refractivity contribution >= 4 is 46.3 Å². The number of aliphatic carboxylic acids is 2. The third-order valence-electron chi connectivity index (χ3n) is 2.93. The Labute approximate surface area is 174 Å². The standard InChI is InChI=1S/C11H14ClN3S.2C2HF3O2/c1-16-5-4-8(13)11-14-9-3-2-7(12)6-10(9)15-11;2*3-2(4,5)1(6)7/h2-3,6,8H,4-5,13H2,1H3,(H,14,15);2*(H,6,7)/t8-;;/m0../s1. The van der Waals surface area contributed by atoms with Crippen molar-refractivity contribution in [1.29, 1.82) is 0 Å². The number of benzene rings is 1. The van der Waals surface area contributed by atoms with Gasteiger partial charge in [0.15, 0.2) is 0 Å². The Kier molecular flexibility index (Phi) is 11.0. The molecule has 7 nitrogen and oxygen atoms in total. The molecule has 0 saturated heterocycles. The molecule has 0 aliphatic rings. The minimum atomic E-state index is -5.08. The van der Waals surface area contributed by atoms with Crippen LogP contribution >= 0.6 is 23.4 Å². The first-order valence-corrected chi connectivity index (χ1v) is 9.36. The molecular weight excluding hydrogens is 468 g/mol. The smallest absolute Gasteiger partial charge is 0.475 e. The maximum absolute atomic E-state index is 10.6. The fourth-order valence-electron chi connectivity index (χ4n) is 1.56. The quantitative estimate of drug-likeness (QED) is 0.479. The normalized spacial score (nSPS) is 12.3. The number of hydrogen-bond acceptors (Lipinski definition) is 5. The molecule has 1 aromatic carbocycles. The van der Waals surface area contributed by atoms with Gasteiger partial charge in [0.1, 0.15) is 5.82 Å². The van der Waals surface area contributed by atoms with Crippen LogP contribution in [0.4, 0.5) is 26.3 Å². The zero-order valence-electron chi connectivity index (χ0n) is 15.0. The number of alkyl halides is 6. The van der Waals surface area contributed by atoms with E-state index in [0.717, 1.165) is 29.0 Å². The van der Waals surface area contributed by atoms with Gasteiger partial charge in [-0.25, -0.2) is 14.6 Å². The summed E-state index contributed by atoms with van der Waals surface area (Å²) in [5, 5.41) is 14.9. The lowest BCUT2D eigenvalue weighted by molar-refractivity contribution is -0.193. The topological polar surface area (TPSA) is 129 Å². The molecule has 2 rings (SSSR count). The summed E-state index contributed by atoms with van der Waals surface area (Å²) in [7, 11) is 0. The van der Waals surface area contributed by atoms with E-state index in [1.54, 1.807) is 11.8 Å². The van der Waals surface area contributed by atoms with Gasteiger partial charge in [0.05, 0.1) is 17.1 Å². The molecule has 1 heterocycles. The van der Waals surface area contributed by atoms with Crippen LogP contribution in [0.1, 0.15) is 18.3 Å². The molecule has 0 unspecified atom stereocenters. The van der Waals surface area contributed by atoms with Crippen LogP contribution in [-0.2, 0) is 9.59 Å². The fraction of sp³-hybridized carbons (Fsp3) is 0.400. The van der Waals surface area contributed by atoms with E-state index in [9.17, 15) is 26.3 Å². The van der Waals surface area contributed by atoms with E-state index < -0.39 is 24.3 Å². The Bertz CT molecular complexity index is 820. The first-order valence-electron chi connectivity index (χ1n) is 7.59. The van der Waals surface area contributed by atoms with Crippen LogP contribution in [0.25, 0.3) is 11.0 Å². The minimum absolute atomic E-state index is 0.0291. The molecule has 5 N–H and O–H groups in total. The van der Waals surface area contributed by atoms with Gasteiger partial charge in [-0.3, -0.25) is 0 Å². The first-order chi connectivity index (χ1) is 13.6. The number of H-pyrrole nitrogens is 1. The monoisotopic (exact) mass is 483 g/mol. The van der Waals surface area contributed by atoms with Gasteiger partial charge in [0.2, 0.25) is 0 Å². The van der Waals surface area contributed by atoms with Gasteiger partial charge in [-0.15, -0.1) is 0 Å². The largest absolute Gasteiger partial charge is 0.490 e. The number of nitrogens with one attached hydrogen (secondary N) is 1.